The number of hydrogen-bond acceptors (Lipinski definition) is 8. The fourth-order valence-corrected chi connectivity index (χ4v) is 3.34. The van der Waals surface area contributed by atoms with Crippen molar-refractivity contribution in [1.82, 2.24) is 16.0 Å². The molecule has 0 spiro atoms. The lowest BCUT2D eigenvalue weighted by Gasteiger charge is -2.25. The molecule has 0 bridgehead atoms. The molecule has 3 amide bonds. The van der Waals surface area contributed by atoms with E-state index in [1.165, 1.54) is 0 Å². The number of carbonyl (C=O) groups is 5. The molecule has 0 aliphatic carbocycles. The zero-order valence-corrected chi connectivity index (χ0v) is 21.4. The molecular weight excluding hydrogens is 488 g/mol. The highest BCUT2D eigenvalue weighted by Crippen LogP contribution is 2.07. The molecule has 0 aromatic rings. The molecule has 15 nitrogen and oxygen atoms in total. The Morgan fingerprint density at radius 3 is 1.86 bits per heavy atom. The number of nitrogens with two attached hydrogens (primary N) is 4. The number of hydrogen-bond donors (Lipinski definition) is 9. The van der Waals surface area contributed by atoms with Crippen LogP contribution in [0, 0.1) is 5.92 Å². The number of rotatable bonds is 19. The van der Waals surface area contributed by atoms with Gasteiger partial charge in [-0.05, 0) is 51.0 Å². The van der Waals surface area contributed by atoms with Crippen molar-refractivity contribution in [3.63, 3.8) is 0 Å². The number of amides is 3. The van der Waals surface area contributed by atoms with Gasteiger partial charge in [0.15, 0.2) is 5.96 Å². The molecule has 0 aliphatic rings. The minimum Gasteiger partial charge on any atom is -0.481 e. The SMILES string of the molecule is CC(C)CC(N)C(=O)NC(CCCCN)C(=O)NC(CC(=O)O)C(=O)NC(CCCN=C(N)N)C(=O)O. The topological polar surface area (TPSA) is 278 Å². The number of aliphatic carboxylic acids is 2. The Hall–Kier alpha value is -3.46. The van der Waals surface area contributed by atoms with Crippen molar-refractivity contribution >= 4 is 35.6 Å². The molecule has 0 saturated carbocycles. The first-order valence-corrected chi connectivity index (χ1v) is 12.1. The maximum Gasteiger partial charge on any atom is 0.326 e. The van der Waals surface area contributed by atoms with Gasteiger partial charge in [-0.2, -0.15) is 0 Å². The van der Waals surface area contributed by atoms with Gasteiger partial charge in [0.05, 0.1) is 12.5 Å². The van der Waals surface area contributed by atoms with E-state index in [9.17, 15) is 34.2 Å². The normalized spacial score (nSPS) is 14.1. The Labute approximate surface area is 216 Å². The summed E-state index contributed by atoms with van der Waals surface area (Å²) in [4.78, 5) is 64.9. The summed E-state index contributed by atoms with van der Waals surface area (Å²) in [5.74, 6) is -5.16. The quantitative estimate of drug-likeness (QED) is 0.0480. The zero-order valence-electron chi connectivity index (χ0n) is 21.4. The lowest BCUT2D eigenvalue weighted by molar-refractivity contribution is -0.143. The third kappa shape index (κ3) is 15.3. The van der Waals surface area contributed by atoms with Crippen molar-refractivity contribution in [2.75, 3.05) is 13.1 Å². The number of nitrogens with one attached hydrogen (secondary N) is 3. The number of nitrogens with zero attached hydrogens (tertiary/aromatic N) is 1. The number of guanidine groups is 1. The lowest BCUT2D eigenvalue weighted by Crippen LogP contribution is -2.57. The van der Waals surface area contributed by atoms with E-state index in [4.69, 9.17) is 22.9 Å². The number of unbranched alkanes of at least 4 members (excludes halogenated alkanes) is 1. The van der Waals surface area contributed by atoms with Crippen molar-refractivity contribution in [1.29, 1.82) is 0 Å². The summed E-state index contributed by atoms with van der Waals surface area (Å²) < 4.78 is 0. The molecule has 4 unspecified atom stereocenters. The largest absolute Gasteiger partial charge is 0.481 e. The highest BCUT2D eigenvalue weighted by Gasteiger charge is 2.31. The summed E-state index contributed by atoms with van der Waals surface area (Å²) in [6, 6.07) is -4.93. The van der Waals surface area contributed by atoms with Gasteiger partial charge in [0.25, 0.3) is 0 Å². The van der Waals surface area contributed by atoms with Crippen LogP contribution in [0.25, 0.3) is 0 Å². The third-order valence-electron chi connectivity index (χ3n) is 5.21. The highest BCUT2D eigenvalue weighted by atomic mass is 16.4. The second-order valence-electron chi connectivity index (χ2n) is 9.09. The highest BCUT2D eigenvalue weighted by molar-refractivity contribution is 5.95. The van der Waals surface area contributed by atoms with Gasteiger partial charge >= 0.3 is 11.9 Å². The van der Waals surface area contributed by atoms with Crippen LogP contribution >= 0.6 is 0 Å². The van der Waals surface area contributed by atoms with Crippen molar-refractivity contribution in [3.8, 4) is 0 Å². The molecule has 0 aromatic carbocycles. The van der Waals surface area contributed by atoms with E-state index in [1.54, 1.807) is 0 Å². The first kappa shape index (κ1) is 33.5. The fraction of sp³-hybridized carbons (Fsp3) is 0.727. The maximum absolute atomic E-state index is 13.0. The first-order chi connectivity index (χ1) is 17.3. The average Bonchev–Trinajstić information content (AvgIpc) is 2.78. The second kappa shape index (κ2) is 17.9. The molecule has 212 valence electrons. The smallest absolute Gasteiger partial charge is 0.326 e. The standard InChI is InChI=1S/C22H42N8O7/c1-12(2)10-13(24)18(33)28-14(6-3-4-8-23)19(34)30-16(11-17(31)32)20(35)29-15(21(36)37)7-5-9-27-22(25)26/h12-16H,3-11,23-24H2,1-2H3,(H,28,33)(H,29,35)(H,30,34)(H,31,32)(H,36,37)(H4,25,26,27). The van der Waals surface area contributed by atoms with E-state index >= 15 is 0 Å². The predicted octanol–water partition coefficient (Wildman–Crippen LogP) is -2.44. The van der Waals surface area contributed by atoms with Gasteiger partial charge < -0.3 is 49.1 Å². The summed E-state index contributed by atoms with van der Waals surface area (Å²) in [5, 5.41) is 25.8. The van der Waals surface area contributed by atoms with Gasteiger partial charge in [-0.3, -0.25) is 24.2 Å². The molecule has 13 N–H and O–H groups in total. The van der Waals surface area contributed by atoms with Crippen molar-refractivity contribution in [3.05, 3.63) is 0 Å². The minimum atomic E-state index is -1.59. The number of carboxylic acids is 2. The van der Waals surface area contributed by atoms with Crippen LogP contribution < -0.4 is 38.9 Å². The molecule has 15 heteroatoms. The van der Waals surface area contributed by atoms with Crippen LogP contribution in [0.2, 0.25) is 0 Å². The zero-order chi connectivity index (χ0) is 28.5. The predicted molar refractivity (Wildman–Crippen MR) is 136 cm³/mol. The summed E-state index contributed by atoms with van der Waals surface area (Å²) >= 11 is 0. The molecule has 4 atom stereocenters. The van der Waals surface area contributed by atoms with Gasteiger partial charge in [-0.25, -0.2) is 4.79 Å². The van der Waals surface area contributed by atoms with E-state index in [0.717, 1.165) is 0 Å². The van der Waals surface area contributed by atoms with Crippen molar-refractivity contribution in [2.45, 2.75) is 83.0 Å². The van der Waals surface area contributed by atoms with Gasteiger partial charge in [-0.1, -0.05) is 13.8 Å². The average molecular weight is 531 g/mol. The Kier molecular flexibility index (Phi) is 16.2. The Morgan fingerprint density at radius 2 is 1.35 bits per heavy atom. The molecule has 0 rings (SSSR count). The van der Waals surface area contributed by atoms with Crippen molar-refractivity contribution < 1.29 is 34.2 Å². The summed E-state index contributed by atoms with van der Waals surface area (Å²) in [5.41, 5.74) is 21.8. The summed E-state index contributed by atoms with van der Waals surface area (Å²) in [6.07, 6.45) is 0.958. The van der Waals surface area contributed by atoms with E-state index in [2.05, 4.69) is 20.9 Å². The van der Waals surface area contributed by atoms with Crippen LogP contribution in [0.15, 0.2) is 4.99 Å². The van der Waals surface area contributed by atoms with Crippen LogP contribution in [0.5, 0.6) is 0 Å². The van der Waals surface area contributed by atoms with Gasteiger partial charge in [0.1, 0.15) is 18.1 Å². The minimum absolute atomic E-state index is 0.0445. The third-order valence-corrected chi connectivity index (χ3v) is 5.21. The van der Waals surface area contributed by atoms with Gasteiger partial charge in [0, 0.05) is 6.54 Å². The van der Waals surface area contributed by atoms with E-state index in [-0.39, 0.29) is 37.7 Å². The monoisotopic (exact) mass is 530 g/mol. The van der Waals surface area contributed by atoms with Gasteiger partial charge in [0.2, 0.25) is 17.7 Å². The maximum atomic E-state index is 13.0. The second-order valence-corrected chi connectivity index (χ2v) is 9.09. The van der Waals surface area contributed by atoms with Crippen LogP contribution in [-0.4, -0.2) is 83.1 Å². The molecule has 0 fully saturated rings. The van der Waals surface area contributed by atoms with E-state index in [0.29, 0.717) is 25.8 Å². The first-order valence-electron chi connectivity index (χ1n) is 12.1. The van der Waals surface area contributed by atoms with Gasteiger partial charge in [-0.15, -0.1) is 0 Å². The number of aliphatic imine (C=N–C) groups is 1. The Bertz CT molecular complexity index is 802. The number of carboxylic acid groups (broad SMARTS) is 2. The van der Waals surface area contributed by atoms with Crippen LogP contribution in [0.3, 0.4) is 0 Å². The molecule has 0 heterocycles. The lowest BCUT2D eigenvalue weighted by atomic mass is 10.0. The number of carbonyl (C=O) groups excluding carboxylic acids is 3. The molecule has 0 saturated heterocycles. The fourth-order valence-electron chi connectivity index (χ4n) is 3.34. The summed E-state index contributed by atoms with van der Waals surface area (Å²) in [6.45, 7) is 4.26. The Morgan fingerprint density at radius 1 is 0.811 bits per heavy atom. The van der Waals surface area contributed by atoms with E-state index < -0.39 is 60.2 Å². The molecular formula is C22H42N8O7. The van der Waals surface area contributed by atoms with Crippen LogP contribution in [-0.2, 0) is 24.0 Å². The molecule has 0 aliphatic heterocycles. The van der Waals surface area contributed by atoms with Crippen molar-refractivity contribution in [2.24, 2.45) is 33.8 Å². The molecule has 37 heavy (non-hydrogen) atoms. The molecule has 0 radical (unpaired) electrons. The van der Waals surface area contributed by atoms with Crippen LogP contribution in [0.4, 0.5) is 0 Å². The summed E-state index contributed by atoms with van der Waals surface area (Å²) in [7, 11) is 0. The Balaban J connectivity index is 5.50. The van der Waals surface area contributed by atoms with E-state index in [1.807, 2.05) is 13.8 Å². The molecule has 0 aromatic heterocycles. The van der Waals surface area contributed by atoms with Crippen LogP contribution in [0.1, 0.15) is 58.8 Å².